The largest absolute Gasteiger partial charge is 0.307 e. The van der Waals surface area contributed by atoms with Crippen molar-refractivity contribution in [3.63, 3.8) is 0 Å². The van der Waals surface area contributed by atoms with Gasteiger partial charge in [0.05, 0.1) is 0 Å². The molecule has 0 bridgehead atoms. The first-order chi connectivity index (χ1) is 8.75. The highest BCUT2D eigenvalue weighted by Crippen LogP contribution is 2.28. The molecular formula is C17H25N. The SMILES string of the molecule is CC1(NCc2ccc3c(c2)CCC3)CCCCC1. The molecule has 1 N–H and O–H groups in total. The van der Waals surface area contributed by atoms with Gasteiger partial charge < -0.3 is 5.32 Å². The van der Waals surface area contributed by atoms with Crippen LogP contribution < -0.4 is 5.32 Å². The maximum Gasteiger partial charge on any atom is 0.0210 e. The maximum absolute atomic E-state index is 3.81. The standard InChI is InChI=1S/C17H25N/c1-17(10-3-2-4-11-17)18-13-14-8-9-15-6-5-7-16(15)12-14/h8-9,12,18H,2-7,10-11,13H2,1H3. The quantitative estimate of drug-likeness (QED) is 0.846. The normalized spacial score (nSPS) is 21.8. The maximum atomic E-state index is 3.81. The molecule has 1 fully saturated rings. The number of fused-ring (bicyclic) bond motifs is 1. The van der Waals surface area contributed by atoms with Gasteiger partial charge in [-0.05, 0) is 55.7 Å². The number of hydrogen-bond donors (Lipinski definition) is 1. The fourth-order valence-electron chi connectivity index (χ4n) is 3.56. The summed E-state index contributed by atoms with van der Waals surface area (Å²) in [7, 11) is 0. The lowest BCUT2D eigenvalue weighted by Gasteiger charge is -2.35. The minimum absolute atomic E-state index is 0.386. The molecule has 0 aromatic heterocycles. The van der Waals surface area contributed by atoms with Crippen molar-refractivity contribution in [2.24, 2.45) is 0 Å². The Morgan fingerprint density at radius 3 is 2.61 bits per heavy atom. The van der Waals surface area contributed by atoms with Crippen LogP contribution in [0.1, 0.15) is 62.1 Å². The second-order valence-corrected chi connectivity index (χ2v) is 6.43. The molecule has 1 aromatic rings. The molecule has 98 valence electrons. The lowest BCUT2D eigenvalue weighted by Crippen LogP contribution is -2.43. The average molecular weight is 243 g/mol. The number of nitrogens with one attached hydrogen (secondary N) is 1. The summed E-state index contributed by atoms with van der Waals surface area (Å²) in [6.07, 6.45) is 10.8. The van der Waals surface area contributed by atoms with Crippen LogP contribution >= 0.6 is 0 Å². The lowest BCUT2D eigenvalue weighted by molar-refractivity contribution is 0.252. The van der Waals surface area contributed by atoms with Crippen molar-refractivity contribution < 1.29 is 0 Å². The van der Waals surface area contributed by atoms with Crippen LogP contribution in [0, 0.1) is 0 Å². The minimum atomic E-state index is 0.386. The number of benzene rings is 1. The van der Waals surface area contributed by atoms with Crippen molar-refractivity contribution >= 4 is 0 Å². The highest BCUT2D eigenvalue weighted by atomic mass is 15.0. The van der Waals surface area contributed by atoms with E-state index in [9.17, 15) is 0 Å². The van der Waals surface area contributed by atoms with Crippen molar-refractivity contribution in [3.8, 4) is 0 Å². The van der Waals surface area contributed by atoms with Gasteiger partial charge in [-0.15, -0.1) is 0 Å². The van der Waals surface area contributed by atoms with Gasteiger partial charge in [-0.2, -0.15) is 0 Å². The zero-order valence-corrected chi connectivity index (χ0v) is 11.6. The molecule has 18 heavy (non-hydrogen) atoms. The van der Waals surface area contributed by atoms with E-state index < -0.39 is 0 Å². The Labute approximate surface area is 111 Å². The van der Waals surface area contributed by atoms with Crippen LogP contribution in [0.4, 0.5) is 0 Å². The third-order valence-electron chi connectivity index (χ3n) is 4.84. The van der Waals surface area contributed by atoms with E-state index in [1.807, 2.05) is 0 Å². The molecule has 1 saturated carbocycles. The molecule has 0 aliphatic heterocycles. The fourth-order valence-corrected chi connectivity index (χ4v) is 3.56. The van der Waals surface area contributed by atoms with Gasteiger partial charge in [0.2, 0.25) is 0 Å². The fraction of sp³-hybridized carbons (Fsp3) is 0.647. The van der Waals surface area contributed by atoms with Gasteiger partial charge in [0.15, 0.2) is 0 Å². The third-order valence-corrected chi connectivity index (χ3v) is 4.84. The second kappa shape index (κ2) is 5.05. The monoisotopic (exact) mass is 243 g/mol. The Balaban J connectivity index is 1.62. The zero-order chi connectivity index (χ0) is 12.4. The first-order valence-corrected chi connectivity index (χ1v) is 7.61. The van der Waals surface area contributed by atoms with Crippen LogP contribution in [0.2, 0.25) is 0 Å². The highest BCUT2D eigenvalue weighted by Gasteiger charge is 2.25. The Morgan fingerprint density at radius 2 is 1.78 bits per heavy atom. The molecular weight excluding hydrogens is 218 g/mol. The molecule has 0 heterocycles. The van der Waals surface area contributed by atoms with Crippen LogP contribution in [-0.2, 0) is 19.4 Å². The first-order valence-electron chi connectivity index (χ1n) is 7.61. The summed E-state index contributed by atoms with van der Waals surface area (Å²) < 4.78 is 0. The molecule has 1 heteroatoms. The smallest absolute Gasteiger partial charge is 0.0210 e. The predicted octanol–water partition coefficient (Wildman–Crippen LogP) is 3.99. The summed E-state index contributed by atoms with van der Waals surface area (Å²) in [4.78, 5) is 0. The number of aryl methyl sites for hydroxylation is 2. The van der Waals surface area contributed by atoms with Gasteiger partial charge >= 0.3 is 0 Å². The van der Waals surface area contributed by atoms with E-state index in [4.69, 9.17) is 0 Å². The van der Waals surface area contributed by atoms with Gasteiger partial charge in [-0.25, -0.2) is 0 Å². The van der Waals surface area contributed by atoms with E-state index in [1.165, 1.54) is 56.9 Å². The molecule has 2 aliphatic carbocycles. The highest BCUT2D eigenvalue weighted by molar-refractivity contribution is 5.35. The van der Waals surface area contributed by atoms with Crippen molar-refractivity contribution in [2.45, 2.75) is 70.4 Å². The van der Waals surface area contributed by atoms with Crippen LogP contribution in [0.3, 0.4) is 0 Å². The lowest BCUT2D eigenvalue weighted by atomic mass is 9.83. The number of hydrogen-bond acceptors (Lipinski definition) is 1. The van der Waals surface area contributed by atoms with Gasteiger partial charge in [0.25, 0.3) is 0 Å². The van der Waals surface area contributed by atoms with Crippen molar-refractivity contribution in [1.29, 1.82) is 0 Å². The molecule has 0 amide bonds. The van der Waals surface area contributed by atoms with E-state index in [0.29, 0.717) is 5.54 Å². The Morgan fingerprint density at radius 1 is 1.00 bits per heavy atom. The Hall–Kier alpha value is -0.820. The summed E-state index contributed by atoms with van der Waals surface area (Å²) in [6.45, 7) is 3.45. The van der Waals surface area contributed by atoms with E-state index in [0.717, 1.165) is 6.54 Å². The van der Waals surface area contributed by atoms with Crippen LogP contribution in [0.5, 0.6) is 0 Å². The molecule has 0 saturated heterocycles. The van der Waals surface area contributed by atoms with E-state index in [-0.39, 0.29) is 0 Å². The summed E-state index contributed by atoms with van der Waals surface area (Å²) in [5.41, 5.74) is 5.05. The summed E-state index contributed by atoms with van der Waals surface area (Å²) in [5, 5.41) is 3.81. The third kappa shape index (κ3) is 2.61. The predicted molar refractivity (Wildman–Crippen MR) is 76.8 cm³/mol. The zero-order valence-electron chi connectivity index (χ0n) is 11.6. The van der Waals surface area contributed by atoms with Crippen molar-refractivity contribution in [2.75, 3.05) is 0 Å². The molecule has 0 spiro atoms. The Bertz CT molecular complexity index is 416. The van der Waals surface area contributed by atoms with Crippen LogP contribution in [-0.4, -0.2) is 5.54 Å². The topological polar surface area (TPSA) is 12.0 Å². The van der Waals surface area contributed by atoms with E-state index in [1.54, 1.807) is 11.1 Å². The molecule has 1 nitrogen and oxygen atoms in total. The molecule has 0 radical (unpaired) electrons. The van der Waals surface area contributed by atoms with Gasteiger partial charge in [0.1, 0.15) is 0 Å². The molecule has 2 aliphatic rings. The molecule has 1 aromatic carbocycles. The number of rotatable bonds is 3. The Kier molecular flexibility index (Phi) is 3.43. The molecule has 0 unspecified atom stereocenters. The molecule has 3 rings (SSSR count). The van der Waals surface area contributed by atoms with Crippen molar-refractivity contribution in [3.05, 3.63) is 34.9 Å². The van der Waals surface area contributed by atoms with Crippen LogP contribution in [0.25, 0.3) is 0 Å². The van der Waals surface area contributed by atoms with Gasteiger partial charge in [0, 0.05) is 12.1 Å². The molecule has 0 atom stereocenters. The van der Waals surface area contributed by atoms with E-state index >= 15 is 0 Å². The average Bonchev–Trinajstić information content (AvgIpc) is 2.85. The van der Waals surface area contributed by atoms with E-state index in [2.05, 4.69) is 30.4 Å². The minimum Gasteiger partial charge on any atom is -0.307 e. The van der Waals surface area contributed by atoms with Crippen LogP contribution in [0.15, 0.2) is 18.2 Å². The van der Waals surface area contributed by atoms with Gasteiger partial charge in [-0.3, -0.25) is 0 Å². The van der Waals surface area contributed by atoms with Gasteiger partial charge in [-0.1, -0.05) is 37.5 Å². The summed E-state index contributed by atoms with van der Waals surface area (Å²) in [6, 6.07) is 7.10. The van der Waals surface area contributed by atoms with Crippen molar-refractivity contribution in [1.82, 2.24) is 5.32 Å². The summed E-state index contributed by atoms with van der Waals surface area (Å²) >= 11 is 0. The second-order valence-electron chi connectivity index (χ2n) is 6.43. The first kappa shape index (κ1) is 12.2. The summed E-state index contributed by atoms with van der Waals surface area (Å²) in [5.74, 6) is 0.